The second-order valence-electron chi connectivity index (χ2n) is 12.5. The van der Waals surface area contributed by atoms with Crippen LogP contribution in [-0.2, 0) is 4.74 Å². The molecule has 0 saturated carbocycles. The summed E-state index contributed by atoms with van der Waals surface area (Å²) in [6.07, 6.45) is 3.87. The molecule has 8 nitrogen and oxygen atoms in total. The lowest BCUT2D eigenvalue weighted by molar-refractivity contribution is -0.176. The van der Waals surface area contributed by atoms with E-state index in [0.29, 0.717) is 23.0 Å². The number of nitrogens with zero attached hydrogens (tertiary/aromatic N) is 3. The number of nitrogens with one attached hydrogen (secondary N) is 1. The van der Waals surface area contributed by atoms with Crippen molar-refractivity contribution in [3.8, 4) is 11.1 Å². The first-order chi connectivity index (χ1) is 19.6. The molecule has 3 aliphatic rings. The van der Waals surface area contributed by atoms with E-state index in [0.717, 1.165) is 74.7 Å². The van der Waals surface area contributed by atoms with Crippen LogP contribution in [0.4, 0.5) is 11.5 Å². The van der Waals surface area contributed by atoms with Gasteiger partial charge in [0.2, 0.25) is 0 Å². The maximum absolute atomic E-state index is 12.9. The van der Waals surface area contributed by atoms with E-state index >= 15 is 0 Å². The van der Waals surface area contributed by atoms with Crippen molar-refractivity contribution in [1.29, 1.82) is 0 Å². The van der Waals surface area contributed by atoms with Crippen molar-refractivity contribution in [3.63, 3.8) is 0 Å². The number of ether oxygens (including phenoxy) is 1. The highest BCUT2D eigenvalue weighted by Gasteiger charge is 2.50. The number of H-pyrrole nitrogens is 1. The average molecular weight is 555 g/mol. The number of piperazine rings is 1. The van der Waals surface area contributed by atoms with Crippen LogP contribution in [-0.4, -0.2) is 80.2 Å². The number of amides is 1. The Morgan fingerprint density at radius 2 is 1.73 bits per heavy atom. The second kappa shape index (κ2) is 10.6. The zero-order valence-electron chi connectivity index (χ0n) is 24.7. The molecule has 3 aromatic rings. The molecule has 3 aliphatic heterocycles. The van der Waals surface area contributed by atoms with Crippen molar-refractivity contribution in [2.75, 3.05) is 70.2 Å². The van der Waals surface area contributed by atoms with Gasteiger partial charge in [0.05, 0.1) is 18.6 Å². The van der Waals surface area contributed by atoms with Crippen LogP contribution in [0.15, 0.2) is 42.6 Å². The van der Waals surface area contributed by atoms with Crippen LogP contribution < -0.4 is 16.4 Å². The number of likely N-dealkylation sites (N-methyl/N-ethyl adjacent to an activating group) is 1. The Hall–Kier alpha value is -3.75. The first kappa shape index (κ1) is 27.4. The van der Waals surface area contributed by atoms with Crippen LogP contribution in [0.3, 0.4) is 0 Å². The van der Waals surface area contributed by atoms with Crippen LogP contribution in [0.1, 0.15) is 52.4 Å². The van der Waals surface area contributed by atoms with Gasteiger partial charge in [-0.2, -0.15) is 0 Å². The van der Waals surface area contributed by atoms with E-state index < -0.39 is 0 Å². The number of hydrogen-bond donors (Lipinski definition) is 3. The highest BCUT2D eigenvalue weighted by atomic mass is 16.5. The van der Waals surface area contributed by atoms with Crippen molar-refractivity contribution >= 4 is 29.2 Å². The number of hydrogen-bond acceptors (Lipinski definition) is 6. The van der Waals surface area contributed by atoms with Gasteiger partial charge in [0.25, 0.3) is 5.91 Å². The van der Waals surface area contributed by atoms with Crippen molar-refractivity contribution in [1.82, 2.24) is 14.8 Å². The Bertz CT molecular complexity index is 1470. The van der Waals surface area contributed by atoms with Crippen molar-refractivity contribution in [2.45, 2.75) is 26.7 Å². The molecule has 0 radical (unpaired) electrons. The van der Waals surface area contributed by atoms with Gasteiger partial charge in [0, 0.05) is 73.5 Å². The number of aryl methyl sites for hydroxylation is 1. The van der Waals surface area contributed by atoms with Gasteiger partial charge in [0.1, 0.15) is 5.82 Å². The summed E-state index contributed by atoms with van der Waals surface area (Å²) in [5.74, 6) is 1.00. The number of aromatic nitrogens is 1. The minimum atomic E-state index is 0.0726. The van der Waals surface area contributed by atoms with Crippen molar-refractivity contribution in [2.24, 2.45) is 11.1 Å². The van der Waals surface area contributed by atoms with Gasteiger partial charge in [-0.1, -0.05) is 26.0 Å². The van der Waals surface area contributed by atoms with E-state index in [9.17, 15) is 4.79 Å². The zero-order valence-corrected chi connectivity index (χ0v) is 24.7. The number of carbonyl (C=O) groups excluding carboxylic acids is 1. The molecule has 216 valence electrons. The number of carbonyl (C=O) groups is 1. The molecule has 4 heterocycles. The maximum atomic E-state index is 12.9. The number of nitrogen functional groups attached to an aromatic ring is 1. The number of rotatable bonds is 6. The molecule has 1 spiro atoms. The summed E-state index contributed by atoms with van der Waals surface area (Å²) in [7, 11) is 2.18. The van der Waals surface area contributed by atoms with E-state index in [-0.39, 0.29) is 11.3 Å². The third-order valence-electron chi connectivity index (χ3n) is 8.96. The van der Waals surface area contributed by atoms with Gasteiger partial charge >= 0.3 is 0 Å². The van der Waals surface area contributed by atoms with Crippen LogP contribution in [0.2, 0.25) is 0 Å². The Kier molecular flexibility index (Phi) is 7.08. The fourth-order valence-corrected chi connectivity index (χ4v) is 6.41. The average Bonchev–Trinajstić information content (AvgIpc) is 3.26. The molecule has 5 N–H and O–H groups in total. The monoisotopic (exact) mass is 554 g/mol. The van der Waals surface area contributed by atoms with Crippen LogP contribution >= 0.6 is 0 Å². The standard InChI is InChI=1S/C33H42N6O2/c1-21(2)26-14-25(13-22(3)30(26)38-11-9-37(4)10-12-38)29(34)15-27-28(16-36-31(27)35)23-5-7-24(8-6-23)32(40)39-17-33(18-39)19-41-20-33/h5-8,13-16,21,36H,9-12,17-20,34-35H2,1-4H3/b29-15-. The molecule has 1 amide bonds. The second-order valence-corrected chi connectivity index (χ2v) is 12.5. The van der Waals surface area contributed by atoms with Crippen molar-refractivity contribution < 1.29 is 9.53 Å². The number of aromatic amines is 1. The van der Waals surface area contributed by atoms with Crippen LogP contribution in [0.25, 0.3) is 22.9 Å². The van der Waals surface area contributed by atoms with Gasteiger partial charge in [-0.25, -0.2) is 0 Å². The van der Waals surface area contributed by atoms with Gasteiger partial charge < -0.3 is 35.9 Å². The molecule has 1 aromatic heterocycles. The number of nitrogens with two attached hydrogens (primary N) is 2. The smallest absolute Gasteiger partial charge is 0.253 e. The predicted molar refractivity (Wildman–Crippen MR) is 167 cm³/mol. The van der Waals surface area contributed by atoms with Crippen molar-refractivity contribution in [3.05, 3.63) is 70.4 Å². The summed E-state index contributed by atoms with van der Waals surface area (Å²) in [6.45, 7) is 14.0. The minimum absolute atomic E-state index is 0.0726. The van der Waals surface area contributed by atoms with E-state index in [4.69, 9.17) is 16.2 Å². The molecule has 0 unspecified atom stereocenters. The third kappa shape index (κ3) is 5.11. The first-order valence-corrected chi connectivity index (χ1v) is 14.6. The molecule has 0 aliphatic carbocycles. The number of benzene rings is 2. The highest BCUT2D eigenvalue weighted by molar-refractivity contribution is 5.96. The summed E-state index contributed by atoms with van der Waals surface area (Å²) in [6, 6.07) is 12.2. The van der Waals surface area contributed by atoms with Gasteiger partial charge in [0.15, 0.2) is 0 Å². The largest absolute Gasteiger partial charge is 0.398 e. The Morgan fingerprint density at radius 1 is 1.05 bits per heavy atom. The van der Waals surface area contributed by atoms with E-state index in [1.165, 1.54) is 16.8 Å². The summed E-state index contributed by atoms with van der Waals surface area (Å²) >= 11 is 0. The molecule has 8 heteroatoms. The van der Waals surface area contributed by atoms with E-state index in [1.807, 2.05) is 41.4 Å². The summed E-state index contributed by atoms with van der Waals surface area (Å²) in [5, 5.41) is 0. The summed E-state index contributed by atoms with van der Waals surface area (Å²) < 4.78 is 5.33. The topological polar surface area (TPSA) is 104 Å². The van der Waals surface area contributed by atoms with E-state index in [1.54, 1.807) is 0 Å². The molecular weight excluding hydrogens is 512 g/mol. The molecule has 41 heavy (non-hydrogen) atoms. The number of likely N-dealkylation sites (tertiary alicyclic amines) is 1. The van der Waals surface area contributed by atoms with E-state index in [2.05, 4.69) is 54.7 Å². The van der Waals surface area contributed by atoms with Gasteiger partial charge in [-0.3, -0.25) is 4.79 Å². The molecule has 6 rings (SSSR count). The lowest BCUT2D eigenvalue weighted by Gasteiger charge is -2.54. The van der Waals surface area contributed by atoms with Gasteiger partial charge in [-0.15, -0.1) is 0 Å². The first-order valence-electron chi connectivity index (χ1n) is 14.6. The predicted octanol–water partition coefficient (Wildman–Crippen LogP) is 4.38. The van der Waals surface area contributed by atoms with Gasteiger partial charge in [-0.05, 0) is 72.5 Å². The Labute approximate surface area is 242 Å². The molecule has 2 aromatic carbocycles. The highest BCUT2D eigenvalue weighted by Crippen LogP contribution is 2.39. The molecule has 3 saturated heterocycles. The SMILES string of the molecule is Cc1cc(/C(N)=C/c2c(-c3ccc(C(=O)N4CC5(COC5)C4)cc3)c[nH]c2N)cc(C(C)C)c1N1CCN(C)CC1. The third-order valence-corrected chi connectivity index (χ3v) is 8.96. The minimum Gasteiger partial charge on any atom is -0.398 e. The zero-order chi connectivity index (χ0) is 28.9. The quantitative estimate of drug-likeness (QED) is 0.418. The summed E-state index contributed by atoms with van der Waals surface area (Å²) in [5.41, 5.74) is 22.4. The molecule has 0 bridgehead atoms. The fraction of sp³-hybridized carbons (Fsp3) is 0.424. The molecule has 0 atom stereocenters. The van der Waals surface area contributed by atoms with Crippen LogP contribution in [0, 0.1) is 12.3 Å². The molecular formula is C33H42N6O2. The normalized spacial score (nSPS) is 19.0. The number of anilines is 2. The Balaban J connectivity index is 1.25. The van der Waals surface area contributed by atoms with Crippen LogP contribution in [0.5, 0.6) is 0 Å². The fourth-order valence-electron chi connectivity index (χ4n) is 6.41. The summed E-state index contributed by atoms with van der Waals surface area (Å²) in [4.78, 5) is 22.9. The maximum Gasteiger partial charge on any atom is 0.253 e. The molecule has 3 fully saturated rings. The lowest BCUT2D eigenvalue weighted by Crippen LogP contribution is -2.67. The Morgan fingerprint density at radius 3 is 2.34 bits per heavy atom. The lowest BCUT2D eigenvalue weighted by atomic mass is 9.78.